The van der Waals surface area contributed by atoms with E-state index in [1.807, 2.05) is 90.9 Å². The number of aliphatic hydroxyl groups excluding tert-OH is 1. The molecule has 2 heterocycles. The van der Waals surface area contributed by atoms with Crippen molar-refractivity contribution in [1.82, 2.24) is 41.3 Å². The van der Waals surface area contributed by atoms with Crippen LogP contribution in [0.2, 0.25) is 0 Å². The summed E-state index contributed by atoms with van der Waals surface area (Å²) >= 11 is 4.23. The molecule has 8 N–H and O–H groups in total. The Bertz CT molecular complexity index is 1880. The van der Waals surface area contributed by atoms with E-state index in [9.17, 15) is 28.8 Å². The fraction of sp³-hybridized carbons (Fsp3) is 0.786. The number of benzene rings is 1. The summed E-state index contributed by atoms with van der Waals surface area (Å²) in [5.41, 5.74) is 13.7. The average molecular weight is 1430 g/mol. The van der Waals surface area contributed by atoms with Gasteiger partial charge in [0.05, 0.1) is 69.1 Å². The molecule has 1 aromatic carbocycles. The van der Waals surface area contributed by atoms with Gasteiger partial charge >= 0.3 is 41.5 Å². The topological polar surface area (TPSA) is 291 Å². The van der Waals surface area contributed by atoms with E-state index in [0.29, 0.717) is 64.6 Å². The molecule has 9 atom stereocenters. The van der Waals surface area contributed by atoms with Gasteiger partial charge in [-0.15, -0.1) is 26.2 Å². The largest absolute Gasteiger partial charge is 0.675 e. The number of carbonyl (C=O) groups is 6. The number of likely N-dealkylation sites (tertiary alicyclic amines) is 1. The van der Waals surface area contributed by atoms with Gasteiger partial charge in [0.25, 0.3) is 0 Å². The maximum Gasteiger partial charge on any atom is 0.0162 e. The van der Waals surface area contributed by atoms with E-state index in [0.717, 1.165) is 31.5 Å². The van der Waals surface area contributed by atoms with Crippen LogP contribution in [0.15, 0.2) is 30.3 Å². The third-order valence-electron chi connectivity index (χ3n) is 14.7. The average Bonchev–Trinajstić information content (AvgIpc) is 3.95. The number of methoxy groups -OCH3 is 2. The Morgan fingerprint density at radius 3 is 1.91 bits per heavy atom. The number of urea groups is 1. The van der Waals surface area contributed by atoms with Crippen LogP contribution in [0.4, 0.5) is 4.79 Å². The molecule has 465 valence electrons. The molecule has 0 bridgehead atoms. The van der Waals surface area contributed by atoms with Crippen molar-refractivity contribution >= 4 is 54.9 Å². The number of ether oxygens (including phenoxy) is 4. The molecule has 2 saturated heterocycles. The van der Waals surface area contributed by atoms with Crippen molar-refractivity contribution in [2.24, 2.45) is 29.6 Å². The molecule has 2 fully saturated rings. The first-order chi connectivity index (χ1) is 38.2. The van der Waals surface area contributed by atoms with Crippen molar-refractivity contribution in [3.8, 4) is 0 Å². The number of aliphatic hydroxyl groups is 1. The smallest absolute Gasteiger partial charge is 0.0162 e. The molecule has 2 aliphatic rings. The summed E-state index contributed by atoms with van der Waals surface area (Å²) in [6, 6.07) is 6.20. The van der Waals surface area contributed by atoms with E-state index < -0.39 is 54.4 Å². The fourth-order valence-corrected chi connectivity index (χ4v) is 10.1. The number of nitrogens with one attached hydrogen (secondary N) is 7. The zero-order chi connectivity index (χ0) is 60.3. The summed E-state index contributed by atoms with van der Waals surface area (Å²) in [5.74, 6) is -1.91. The maximum atomic E-state index is 14.5. The molecular formula is C56H100IN11O11Pt-3. The number of hydrogen-bond donors (Lipinski definition) is 6. The van der Waals surface area contributed by atoms with Crippen molar-refractivity contribution in [3.63, 3.8) is 0 Å². The van der Waals surface area contributed by atoms with Gasteiger partial charge in [-0.25, -0.2) is 4.79 Å². The van der Waals surface area contributed by atoms with Gasteiger partial charge in [-0.3, -0.25) is 28.9 Å². The number of rotatable bonds is 34. The second-order valence-electron chi connectivity index (χ2n) is 21.6. The molecule has 22 nitrogen and oxygen atoms in total. The Hall–Kier alpha value is -3.10. The Morgan fingerprint density at radius 2 is 1.40 bits per heavy atom. The van der Waals surface area contributed by atoms with Gasteiger partial charge in [-0.2, -0.15) is 0 Å². The molecule has 80 heavy (non-hydrogen) atoms. The Labute approximate surface area is 500 Å². The number of amides is 7. The predicted octanol–water partition coefficient (Wildman–Crippen LogP) is 4.93. The summed E-state index contributed by atoms with van der Waals surface area (Å²) < 4.78 is 23.4. The Kier molecular flexibility index (Phi) is 40.0. The van der Waals surface area contributed by atoms with Gasteiger partial charge in [-0.05, 0) is 56.2 Å². The molecule has 0 saturated carbocycles. The van der Waals surface area contributed by atoms with Crippen molar-refractivity contribution in [2.75, 3.05) is 114 Å². The molecule has 2 aliphatic heterocycles. The third kappa shape index (κ3) is 27.1. The Balaban J connectivity index is 0.00000373. The maximum absolute atomic E-state index is 14.5. The molecule has 0 aromatic heterocycles. The fourth-order valence-electron chi connectivity index (χ4n) is 10.1. The second kappa shape index (κ2) is 42.7. The first-order valence-electron chi connectivity index (χ1n) is 28.3. The van der Waals surface area contributed by atoms with Crippen LogP contribution < -0.4 is 26.6 Å². The van der Waals surface area contributed by atoms with Crippen LogP contribution in [-0.2, 0) is 65.5 Å². The monoisotopic (exact) mass is 1420 g/mol. The van der Waals surface area contributed by atoms with Crippen molar-refractivity contribution < 1.29 is 69.0 Å². The summed E-state index contributed by atoms with van der Waals surface area (Å²) in [5, 5.41) is 27.3. The molecule has 24 heteroatoms. The van der Waals surface area contributed by atoms with Crippen LogP contribution in [0.1, 0.15) is 92.6 Å². The second-order valence-corrected chi connectivity index (χ2v) is 21.6. The van der Waals surface area contributed by atoms with Crippen molar-refractivity contribution in [2.45, 2.75) is 142 Å². The zero-order valence-corrected chi connectivity index (χ0v) is 54.3. The molecule has 1 aromatic rings. The quantitative estimate of drug-likeness (QED) is 0.0396. The van der Waals surface area contributed by atoms with Gasteiger partial charge in [-0.1, -0.05) is 98.1 Å². The van der Waals surface area contributed by atoms with Crippen LogP contribution >= 0.6 is 19.4 Å². The van der Waals surface area contributed by atoms with E-state index in [4.69, 9.17) is 35.5 Å². The number of halogens is 1. The molecule has 7 amide bonds. The molecule has 3 rings (SSSR count). The summed E-state index contributed by atoms with van der Waals surface area (Å²) in [6.07, 6.45) is 2.18. The van der Waals surface area contributed by atoms with E-state index in [1.54, 1.807) is 30.9 Å². The SMILES string of the molecule is CC[C@H](C)[C@@H]([C@@H](CC(=O)N1CCC[C@H]1[C@H](OC)[C@@H](C)C(=O)N[C@@H](Cc1ccccc1)C(=O)NCCOCCOCCNC(=O)NCC1CC[N-]CC1)OC)N(C)C(=O)[C@@H](NC(=O)[C@H](C(C)C)N(C)C)C(C)C.[I][Pt].[NH-]CC(O)C[NH-]. The predicted molar refractivity (Wildman–Crippen MR) is 318 cm³/mol. The van der Waals surface area contributed by atoms with Crippen LogP contribution in [-0.4, -0.2) is 218 Å². The van der Waals surface area contributed by atoms with Gasteiger partial charge < -0.3 is 77.2 Å². The summed E-state index contributed by atoms with van der Waals surface area (Å²) in [6.45, 7) is 18.1. The van der Waals surface area contributed by atoms with Crippen LogP contribution in [0.25, 0.3) is 16.8 Å². The van der Waals surface area contributed by atoms with E-state index in [-0.39, 0.29) is 92.4 Å². The minimum absolute atomic E-state index is 0.0166. The van der Waals surface area contributed by atoms with Crippen LogP contribution in [0, 0.1) is 29.6 Å². The number of likely N-dealkylation sites (N-methyl/N-ethyl adjacent to an activating group) is 2. The van der Waals surface area contributed by atoms with Gasteiger partial charge in [0.1, 0.15) is 12.1 Å². The van der Waals surface area contributed by atoms with Crippen molar-refractivity contribution in [3.05, 3.63) is 52.7 Å². The number of carbonyl (C=O) groups excluding carboxylic acids is 6. The number of hydrogen-bond acceptors (Lipinski definition) is 12. The standard InChI is InChI=1S/C53H92N9O10.C3H8N2O.HI.Pt/c1-13-37(6)47(61(10)52(67)45(35(2)3)59-51(66)46(36(4)5)60(8)9)43(69-11)33-44(63)62-27-17-20-42(62)48(70-12)38(7)49(64)58-41(32-39-18-15-14-16-19-39)50(65)55-25-28-71-30-31-72-29-26-56-53(68)57-34-40-21-23-54-24-22-40;4-1-3(6)2-5;;/h14-16,18-19,35-38,40-43,45-48H,13,17,20-34H2,1-12H3,(H,55,65)(H,58,64)(H,59,66)(H2,56,57,68);3-6H,1-2H2;1H;/q-1;-2;;+1/p-1/t37-,38+,41-,42-,43+,45-,46-,47-,48+;;;/m0.../s1. The number of nitrogens with zero attached hydrogens (tertiary/aromatic N) is 4. The normalized spacial score (nSPS) is 17.6. The first kappa shape index (κ1) is 74.9. The van der Waals surface area contributed by atoms with E-state index >= 15 is 0 Å². The van der Waals surface area contributed by atoms with Crippen molar-refractivity contribution in [1.29, 1.82) is 0 Å². The van der Waals surface area contributed by atoms with E-state index in [1.165, 1.54) is 7.11 Å². The van der Waals surface area contributed by atoms with Gasteiger partial charge in [0, 0.05) is 60.0 Å². The molecular weight excluding hydrogens is 1320 g/mol. The van der Waals surface area contributed by atoms with Gasteiger partial charge in [0.15, 0.2) is 0 Å². The first-order valence-corrected chi connectivity index (χ1v) is 34.7. The Morgan fingerprint density at radius 1 is 0.800 bits per heavy atom. The molecule has 0 spiro atoms. The molecule has 0 aliphatic carbocycles. The third-order valence-corrected chi connectivity index (χ3v) is 14.7. The van der Waals surface area contributed by atoms with Gasteiger partial charge in [0.2, 0.25) is 29.5 Å². The van der Waals surface area contributed by atoms with E-state index in [2.05, 4.69) is 67.4 Å². The minimum atomic E-state index is -0.903. The summed E-state index contributed by atoms with van der Waals surface area (Å²) in [7, 11) is 8.51. The molecule has 0 unspecified atom stereocenters. The molecule has 0 radical (unpaired) electrons. The number of piperidine rings is 1. The minimum Gasteiger partial charge on any atom is -0.675 e. The van der Waals surface area contributed by atoms with Crippen LogP contribution in [0.3, 0.4) is 0 Å². The van der Waals surface area contributed by atoms with Crippen LogP contribution in [0.5, 0.6) is 0 Å². The summed E-state index contributed by atoms with van der Waals surface area (Å²) in [4.78, 5) is 87.6. The zero-order valence-electron chi connectivity index (χ0n) is 49.8.